The van der Waals surface area contributed by atoms with Crippen LogP contribution in [0.2, 0.25) is 0 Å². The first-order valence-electron chi connectivity index (χ1n) is 5.51. The molecule has 1 rings (SSSR count). The summed E-state index contributed by atoms with van der Waals surface area (Å²) in [6, 6.07) is 6.08. The molecule has 6 heteroatoms. The summed E-state index contributed by atoms with van der Waals surface area (Å²) in [6.45, 7) is 0.487. The zero-order chi connectivity index (χ0) is 13.4. The van der Waals surface area contributed by atoms with E-state index >= 15 is 0 Å². The number of benzene rings is 1. The van der Waals surface area contributed by atoms with E-state index in [1.165, 1.54) is 12.1 Å². The van der Waals surface area contributed by atoms with Crippen molar-refractivity contribution in [3.63, 3.8) is 0 Å². The van der Waals surface area contributed by atoms with Gasteiger partial charge >= 0.3 is 0 Å². The summed E-state index contributed by atoms with van der Waals surface area (Å²) in [5.74, 6) is -1.01. The third kappa shape index (κ3) is 4.42. The zero-order valence-electron chi connectivity index (χ0n) is 10.1. The molecule has 0 atom stereocenters. The molecule has 6 nitrogen and oxygen atoms in total. The summed E-state index contributed by atoms with van der Waals surface area (Å²) in [5.41, 5.74) is 4.60. The Morgan fingerprint density at radius 3 is 2.67 bits per heavy atom. The molecule has 0 heterocycles. The molecular weight excluding hydrogens is 236 g/mol. The van der Waals surface area contributed by atoms with Gasteiger partial charge in [-0.25, -0.2) is 0 Å². The van der Waals surface area contributed by atoms with E-state index in [0.29, 0.717) is 13.0 Å². The minimum atomic E-state index is -0.562. The molecule has 0 fully saturated rings. The van der Waals surface area contributed by atoms with Gasteiger partial charge in [-0.05, 0) is 18.6 Å². The number of rotatable bonds is 5. The van der Waals surface area contributed by atoms with Crippen LogP contribution in [-0.2, 0) is 9.53 Å². The lowest BCUT2D eigenvalue weighted by atomic mass is 10.2. The van der Waals surface area contributed by atoms with Gasteiger partial charge in [-0.1, -0.05) is 12.1 Å². The fourth-order valence-corrected chi connectivity index (χ4v) is 1.30. The van der Waals surface area contributed by atoms with Crippen LogP contribution in [0.1, 0.15) is 23.2 Å². The molecule has 0 unspecified atom stereocenters. The lowest BCUT2D eigenvalue weighted by Crippen LogP contribution is -2.41. The maximum atomic E-state index is 11.6. The Bertz CT molecular complexity index is 420. The SMILES string of the molecule is COCCCC(=O)NNC(=O)c1ccccc1O. The number of aromatic hydroxyl groups is 1. The lowest BCUT2D eigenvalue weighted by Gasteiger charge is -2.08. The van der Waals surface area contributed by atoms with E-state index in [0.717, 1.165) is 0 Å². The number of phenols is 1. The smallest absolute Gasteiger partial charge is 0.273 e. The standard InChI is InChI=1S/C12H16N2O4/c1-18-8-4-7-11(16)13-14-12(17)9-5-2-3-6-10(9)15/h2-3,5-6,15H,4,7-8H2,1H3,(H,13,16)(H,14,17). The van der Waals surface area contributed by atoms with Crippen LogP contribution in [0, 0.1) is 0 Å². The number of para-hydroxylation sites is 1. The molecule has 2 amide bonds. The molecule has 0 spiro atoms. The quantitative estimate of drug-likeness (QED) is 0.528. The zero-order valence-corrected chi connectivity index (χ0v) is 10.1. The van der Waals surface area contributed by atoms with E-state index in [9.17, 15) is 14.7 Å². The van der Waals surface area contributed by atoms with Crippen LogP contribution in [0.3, 0.4) is 0 Å². The van der Waals surface area contributed by atoms with E-state index in [2.05, 4.69) is 10.9 Å². The Morgan fingerprint density at radius 1 is 1.28 bits per heavy atom. The van der Waals surface area contributed by atoms with Crippen molar-refractivity contribution in [1.82, 2.24) is 10.9 Å². The topological polar surface area (TPSA) is 87.7 Å². The highest BCUT2D eigenvalue weighted by Crippen LogP contribution is 2.14. The van der Waals surface area contributed by atoms with Gasteiger partial charge in [0, 0.05) is 20.1 Å². The van der Waals surface area contributed by atoms with Crippen molar-refractivity contribution >= 4 is 11.8 Å². The van der Waals surface area contributed by atoms with Gasteiger partial charge in [-0.3, -0.25) is 20.4 Å². The number of carbonyl (C=O) groups is 2. The summed E-state index contributed by atoms with van der Waals surface area (Å²) in [7, 11) is 1.55. The predicted molar refractivity (Wildman–Crippen MR) is 64.8 cm³/mol. The molecule has 3 N–H and O–H groups in total. The van der Waals surface area contributed by atoms with Crippen molar-refractivity contribution in [2.24, 2.45) is 0 Å². The first-order valence-corrected chi connectivity index (χ1v) is 5.51. The van der Waals surface area contributed by atoms with E-state index < -0.39 is 5.91 Å². The Balaban J connectivity index is 2.38. The number of nitrogens with one attached hydrogen (secondary N) is 2. The maximum absolute atomic E-state index is 11.6. The van der Waals surface area contributed by atoms with Crippen LogP contribution in [0.4, 0.5) is 0 Å². The molecule has 98 valence electrons. The fourth-order valence-electron chi connectivity index (χ4n) is 1.30. The van der Waals surface area contributed by atoms with Crippen LogP contribution in [0.5, 0.6) is 5.75 Å². The maximum Gasteiger partial charge on any atom is 0.273 e. The molecule has 0 aliphatic rings. The molecular formula is C12H16N2O4. The first-order chi connectivity index (χ1) is 8.65. The summed E-state index contributed by atoms with van der Waals surface area (Å²) in [6.07, 6.45) is 0.837. The second kappa shape index (κ2) is 7.29. The minimum Gasteiger partial charge on any atom is -0.507 e. The molecule has 0 saturated carbocycles. The third-order valence-corrected chi connectivity index (χ3v) is 2.22. The van der Waals surface area contributed by atoms with E-state index in [-0.39, 0.29) is 23.6 Å². The van der Waals surface area contributed by atoms with Gasteiger partial charge < -0.3 is 9.84 Å². The van der Waals surface area contributed by atoms with Crippen molar-refractivity contribution < 1.29 is 19.4 Å². The number of hydrogen-bond acceptors (Lipinski definition) is 4. The average Bonchev–Trinajstić information content (AvgIpc) is 2.37. The van der Waals surface area contributed by atoms with Crippen molar-refractivity contribution in [1.29, 1.82) is 0 Å². The highest BCUT2D eigenvalue weighted by molar-refractivity contribution is 5.97. The molecule has 0 bridgehead atoms. The Labute approximate surface area is 105 Å². The number of phenolic OH excluding ortho intramolecular Hbond substituents is 1. The van der Waals surface area contributed by atoms with Gasteiger partial charge in [0.05, 0.1) is 5.56 Å². The third-order valence-electron chi connectivity index (χ3n) is 2.22. The van der Waals surface area contributed by atoms with E-state index in [4.69, 9.17) is 4.74 Å². The molecule has 1 aromatic carbocycles. The van der Waals surface area contributed by atoms with Crippen LogP contribution in [-0.4, -0.2) is 30.6 Å². The summed E-state index contributed by atoms with van der Waals surface area (Å²) >= 11 is 0. The number of ether oxygens (including phenoxy) is 1. The summed E-state index contributed by atoms with van der Waals surface area (Å²) in [5, 5.41) is 9.43. The highest BCUT2D eigenvalue weighted by atomic mass is 16.5. The monoisotopic (exact) mass is 252 g/mol. The molecule has 18 heavy (non-hydrogen) atoms. The predicted octanol–water partition coefficient (Wildman–Crippen LogP) is 0.580. The van der Waals surface area contributed by atoms with Crippen molar-refractivity contribution in [3.05, 3.63) is 29.8 Å². The second-order valence-corrected chi connectivity index (χ2v) is 3.62. The molecule has 0 radical (unpaired) electrons. The number of carbonyl (C=O) groups excluding carboxylic acids is 2. The highest BCUT2D eigenvalue weighted by Gasteiger charge is 2.10. The Hall–Kier alpha value is -2.08. The van der Waals surface area contributed by atoms with Crippen LogP contribution in [0.15, 0.2) is 24.3 Å². The van der Waals surface area contributed by atoms with Gasteiger partial charge in [-0.2, -0.15) is 0 Å². The van der Waals surface area contributed by atoms with E-state index in [1.807, 2.05) is 0 Å². The van der Waals surface area contributed by atoms with Gasteiger partial charge in [0.15, 0.2) is 0 Å². The van der Waals surface area contributed by atoms with Crippen molar-refractivity contribution in [2.75, 3.05) is 13.7 Å². The molecule has 0 saturated heterocycles. The van der Waals surface area contributed by atoms with Crippen molar-refractivity contribution in [2.45, 2.75) is 12.8 Å². The lowest BCUT2D eigenvalue weighted by molar-refractivity contribution is -0.122. The largest absolute Gasteiger partial charge is 0.507 e. The first kappa shape index (κ1) is 14.0. The summed E-state index contributed by atoms with van der Waals surface area (Å²) < 4.78 is 4.80. The Morgan fingerprint density at radius 2 is 2.00 bits per heavy atom. The normalized spacial score (nSPS) is 9.83. The number of methoxy groups -OCH3 is 1. The molecule has 0 aliphatic carbocycles. The molecule has 1 aromatic rings. The average molecular weight is 252 g/mol. The van der Waals surface area contributed by atoms with E-state index in [1.54, 1.807) is 19.2 Å². The van der Waals surface area contributed by atoms with Gasteiger partial charge in [0.25, 0.3) is 5.91 Å². The minimum absolute atomic E-state index is 0.106. The van der Waals surface area contributed by atoms with Gasteiger partial charge in [0.2, 0.25) is 5.91 Å². The van der Waals surface area contributed by atoms with Crippen molar-refractivity contribution in [3.8, 4) is 5.75 Å². The van der Waals surface area contributed by atoms with Gasteiger partial charge in [-0.15, -0.1) is 0 Å². The fraction of sp³-hybridized carbons (Fsp3) is 0.333. The van der Waals surface area contributed by atoms with Crippen LogP contribution >= 0.6 is 0 Å². The van der Waals surface area contributed by atoms with Gasteiger partial charge in [0.1, 0.15) is 5.75 Å². The number of hydrogen-bond donors (Lipinski definition) is 3. The summed E-state index contributed by atoms with van der Waals surface area (Å²) in [4.78, 5) is 22.9. The number of amides is 2. The Kier molecular flexibility index (Phi) is 5.66. The van der Waals surface area contributed by atoms with Crippen LogP contribution in [0.25, 0.3) is 0 Å². The number of hydrazine groups is 1. The second-order valence-electron chi connectivity index (χ2n) is 3.62. The molecule has 0 aliphatic heterocycles. The molecule has 0 aromatic heterocycles. The van der Waals surface area contributed by atoms with Crippen LogP contribution < -0.4 is 10.9 Å².